The molecule has 26 heavy (non-hydrogen) atoms. The number of anilines is 1. The van der Waals surface area contributed by atoms with Crippen molar-refractivity contribution >= 4 is 50.6 Å². The number of esters is 1. The van der Waals surface area contributed by atoms with Crippen molar-refractivity contribution in [1.29, 1.82) is 0 Å². The molecule has 0 atom stereocenters. The maximum Gasteiger partial charge on any atom is 0.350 e. The molecule has 1 N–H and O–H groups in total. The standard InChI is InChI=1S/C20H18ClNO3S/c1-12(2)13-7-9-14(10-8-13)22-17(23)11-25-20(24)19-18(21)15-5-3-4-6-16(15)26-19/h3-10,12H,11H2,1-2H3,(H,22,23). The number of ether oxygens (including phenoxy) is 1. The Morgan fingerprint density at radius 3 is 2.46 bits per heavy atom. The predicted octanol–water partition coefficient (Wildman–Crippen LogP) is 5.47. The van der Waals surface area contributed by atoms with Gasteiger partial charge in [0, 0.05) is 15.8 Å². The van der Waals surface area contributed by atoms with E-state index in [-0.39, 0.29) is 6.61 Å². The lowest BCUT2D eigenvalue weighted by Gasteiger charge is -2.08. The number of carbonyl (C=O) groups is 2. The molecule has 3 rings (SSSR count). The Hall–Kier alpha value is -2.37. The van der Waals surface area contributed by atoms with Gasteiger partial charge in [0.05, 0.1) is 5.02 Å². The highest BCUT2D eigenvalue weighted by atomic mass is 35.5. The number of hydrogen-bond donors (Lipinski definition) is 1. The molecular formula is C20H18ClNO3S. The average molecular weight is 388 g/mol. The van der Waals surface area contributed by atoms with Crippen LogP contribution in [0, 0.1) is 0 Å². The van der Waals surface area contributed by atoms with E-state index in [1.165, 1.54) is 16.9 Å². The quantitative estimate of drug-likeness (QED) is 0.590. The third-order valence-electron chi connectivity index (χ3n) is 3.92. The van der Waals surface area contributed by atoms with Gasteiger partial charge in [0.25, 0.3) is 5.91 Å². The van der Waals surface area contributed by atoms with E-state index in [1.54, 1.807) is 0 Å². The van der Waals surface area contributed by atoms with Crippen LogP contribution in [-0.4, -0.2) is 18.5 Å². The fraction of sp³-hybridized carbons (Fsp3) is 0.200. The summed E-state index contributed by atoms with van der Waals surface area (Å²) in [6.07, 6.45) is 0. The first-order valence-electron chi connectivity index (χ1n) is 8.19. The second kappa shape index (κ2) is 7.89. The van der Waals surface area contributed by atoms with Gasteiger partial charge in [-0.2, -0.15) is 0 Å². The highest BCUT2D eigenvalue weighted by Crippen LogP contribution is 2.35. The van der Waals surface area contributed by atoms with Crippen molar-refractivity contribution in [2.24, 2.45) is 0 Å². The summed E-state index contributed by atoms with van der Waals surface area (Å²) in [5.41, 5.74) is 1.85. The summed E-state index contributed by atoms with van der Waals surface area (Å²) < 4.78 is 6.01. The van der Waals surface area contributed by atoms with Gasteiger partial charge in [-0.15, -0.1) is 11.3 Å². The molecule has 0 fully saturated rings. The van der Waals surface area contributed by atoms with E-state index in [0.29, 0.717) is 21.5 Å². The summed E-state index contributed by atoms with van der Waals surface area (Å²) in [7, 11) is 0. The minimum absolute atomic E-state index is 0.307. The SMILES string of the molecule is CC(C)c1ccc(NC(=O)COC(=O)c2sc3ccccc3c2Cl)cc1. The zero-order chi connectivity index (χ0) is 18.7. The van der Waals surface area contributed by atoms with E-state index >= 15 is 0 Å². The third-order valence-corrected chi connectivity index (χ3v) is 5.57. The predicted molar refractivity (Wildman–Crippen MR) is 106 cm³/mol. The lowest BCUT2D eigenvalue weighted by molar-refractivity contribution is -0.119. The number of thiophene rings is 1. The van der Waals surface area contributed by atoms with Crippen LogP contribution < -0.4 is 5.32 Å². The lowest BCUT2D eigenvalue weighted by atomic mass is 10.0. The molecule has 134 valence electrons. The van der Waals surface area contributed by atoms with Gasteiger partial charge in [0.2, 0.25) is 0 Å². The normalized spacial score (nSPS) is 10.9. The van der Waals surface area contributed by atoms with Gasteiger partial charge < -0.3 is 10.1 Å². The van der Waals surface area contributed by atoms with E-state index in [0.717, 1.165) is 10.1 Å². The molecule has 0 radical (unpaired) electrons. The molecule has 0 spiro atoms. The summed E-state index contributed by atoms with van der Waals surface area (Å²) in [4.78, 5) is 24.5. The van der Waals surface area contributed by atoms with Crippen molar-refractivity contribution < 1.29 is 14.3 Å². The molecule has 0 unspecified atom stereocenters. The van der Waals surface area contributed by atoms with Crippen LogP contribution >= 0.6 is 22.9 Å². The third kappa shape index (κ3) is 4.06. The molecule has 0 aliphatic carbocycles. The van der Waals surface area contributed by atoms with Crippen molar-refractivity contribution in [3.63, 3.8) is 0 Å². The van der Waals surface area contributed by atoms with Crippen molar-refractivity contribution in [2.75, 3.05) is 11.9 Å². The first-order valence-corrected chi connectivity index (χ1v) is 9.39. The maximum absolute atomic E-state index is 12.2. The Bertz CT molecular complexity index is 947. The molecule has 4 nitrogen and oxygen atoms in total. The Balaban J connectivity index is 1.60. The minimum Gasteiger partial charge on any atom is -0.451 e. The molecule has 0 bridgehead atoms. The van der Waals surface area contributed by atoms with Gasteiger partial charge >= 0.3 is 5.97 Å². The van der Waals surface area contributed by atoms with Crippen molar-refractivity contribution in [1.82, 2.24) is 0 Å². The first kappa shape index (κ1) is 18.4. The molecule has 6 heteroatoms. The number of amides is 1. The van der Waals surface area contributed by atoms with E-state index in [4.69, 9.17) is 16.3 Å². The van der Waals surface area contributed by atoms with E-state index in [9.17, 15) is 9.59 Å². The number of halogens is 1. The first-order chi connectivity index (χ1) is 12.5. The van der Waals surface area contributed by atoms with Crippen molar-refractivity contribution in [3.8, 4) is 0 Å². The summed E-state index contributed by atoms with van der Waals surface area (Å²) in [5.74, 6) is -0.568. The van der Waals surface area contributed by atoms with Crippen LogP contribution in [0.2, 0.25) is 5.02 Å². The van der Waals surface area contributed by atoms with E-state index in [1.807, 2.05) is 48.5 Å². The summed E-state index contributed by atoms with van der Waals surface area (Å²) >= 11 is 7.50. The monoisotopic (exact) mass is 387 g/mol. The molecule has 0 saturated heterocycles. The van der Waals surface area contributed by atoms with Crippen molar-refractivity contribution in [3.05, 3.63) is 64.0 Å². The van der Waals surface area contributed by atoms with Crippen LogP contribution in [0.1, 0.15) is 35.0 Å². The van der Waals surface area contributed by atoms with Crippen LogP contribution in [0.4, 0.5) is 5.69 Å². The van der Waals surface area contributed by atoms with E-state index < -0.39 is 11.9 Å². The largest absolute Gasteiger partial charge is 0.451 e. The molecule has 3 aromatic rings. The second-order valence-corrected chi connectivity index (χ2v) is 7.57. The number of rotatable bonds is 5. The van der Waals surface area contributed by atoms with Crippen LogP contribution in [0.5, 0.6) is 0 Å². The summed E-state index contributed by atoms with van der Waals surface area (Å²) in [5, 5.41) is 3.88. The Morgan fingerprint density at radius 2 is 1.81 bits per heavy atom. The van der Waals surface area contributed by atoms with Crippen LogP contribution in [0.15, 0.2) is 48.5 Å². The van der Waals surface area contributed by atoms with Crippen molar-refractivity contribution in [2.45, 2.75) is 19.8 Å². The number of nitrogens with one attached hydrogen (secondary N) is 1. The molecule has 2 aromatic carbocycles. The molecule has 0 aliphatic heterocycles. The smallest absolute Gasteiger partial charge is 0.350 e. The maximum atomic E-state index is 12.2. The minimum atomic E-state index is -0.596. The number of benzene rings is 2. The fourth-order valence-corrected chi connectivity index (χ4v) is 3.89. The summed E-state index contributed by atoms with van der Waals surface area (Å²) in [6, 6.07) is 15.0. The van der Waals surface area contributed by atoms with Gasteiger partial charge in [0.1, 0.15) is 4.88 Å². The average Bonchev–Trinajstić information content (AvgIpc) is 2.97. The second-order valence-electron chi connectivity index (χ2n) is 6.14. The van der Waals surface area contributed by atoms with Gasteiger partial charge in [-0.1, -0.05) is 55.8 Å². The molecule has 0 aliphatic rings. The zero-order valence-corrected chi connectivity index (χ0v) is 16.0. The molecule has 0 saturated carbocycles. The number of carbonyl (C=O) groups excluding carboxylic acids is 2. The lowest BCUT2D eigenvalue weighted by Crippen LogP contribution is -2.20. The topological polar surface area (TPSA) is 55.4 Å². The van der Waals surface area contributed by atoms with Gasteiger partial charge in [-0.3, -0.25) is 4.79 Å². The zero-order valence-electron chi connectivity index (χ0n) is 14.4. The van der Waals surface area contributed by atoms with Gasteiger partial charge in [-0.05, 0) is 29.7 Å². The molecule has 1 heterocycles. The molecule has 1 amide bonds. The van der Waals surface area contributed by atoms with Crippen LogP contribution in [-0.2, 0) is 9.53 Å². The van der Waals surface area contributed by atoms with Crippen LogP contribution in [0.3, 0.4) is 0 Å². The van der Waals surface area contributed by atoms with E-state index in [2.05, 4.69) is 19.2 Å². The van der Waals surface area contributed by atoms with Gasteiger partial charge in [-0.25, -0.2) is 4.79 Å². The highest BCUT2D eigenvalue weighted by Gasteiger charge is 2.19. The number of fused-ring (bicyclic) bond motifs is 1. The summed E-state index contributed by atoms with van der Waals surface area (Å²) in [6.45, 7) is 3.84. The number of hydrogen-bond acceptors (Lipinski definition) is 4. The fourth-order valence-electron chi connectivity index (χ4n) is 2.49. The molecule has 1 aromatic heterocycles. The molecular weight excluding hydrogens is 370 g/mol. The highest BCUT2D eigenvalue weighted by molar-refractivity contribution is 7.21. The van der Waals surface area contributed by atoms with Crippen LogP contribution in [0.25, 0.3) is 10.1 Å². The Labute approximate surface area is 160 Å². The Kier molecular flexibility index (Phi) is 5.59. The Morgan fingerprint density at radius 1 is 1.12 bits per heavy atom. The van der Waals surface area contributed by atoms with Gasteiger partial charge in [0.15, 0.2) is 6.61 Å².